The van der Waals surface area contributed by atoms with Crippen molar-refractivity contribution < 1.29 is 14.3 Å². The standard InChI is InChI=1S/C25H34O3/c1-24-11-4-3-5-14(24)6-7-15-19(24)10-12-25(2)18-9-8-16-21(17(18)13-20(15)25)23(27)28-22(16)26/h9,14-17,19-21H,3-8,10-13H2,1-2H3/t14?,15?,16-,17+,19?,20?,21-,24-,25+/m0/s1. The Morgan fingerprint density at radius 2 is 1.79 bits per heavy atom. The topological polar surface area (TPSA) is 43.4 Å². The predicted molar refractivity (Wildman–Crippen MR) is 106 cm³/mol. The molecule has 1 aliphatic heterocycles. The highest BCUT2D eigenvalue weighted by Gasteiger charge is 2.64. The Kier molecular flexibility index (Phi) is 3.62. The maximum Gasteiger partial charge on any atom is 0.318 e. The molecule has 5 aliphatic carbocycles. The molecular weight excluding hydrogens is 348 g/mol. The van der Waals surface area contributed by atoms with Gasteiger partial charge in [-0.25, -0.2) is 0 Å². The van der Waals surface area contributed by atoms with E-state index in [2.05, 4.69) is 19.9 Å². The lowest BCUT2D eigenvalue weighted by atomic mass is 9.45. The predicted octanol–water partition coefficient (Wildman–Crippen LogP) is 5.29. The molecule has 1 saturated heterocycles. The van der Waals surface area contributed by atoms with E-state index in [-0.39, 0.29) is 35.1 Å². The van der Waals surface area contributed by atoms with Gasteiger partial charge in [-0.15, -0.1) is 0 Å². The first-order chi connectivity index (χ1) is 13.4. The Bertz CT molecular complexity index is 768. The normalized spacial score (nSPS) is 54.6. The second-order valence-electron chi connectivity index (χ2n) is 11.5. The number of carbonyl (C=O) groups excluding carboxylic acids is 2. The zero-order valence-corrected chi connectivity index (χ0v) is 17.4. The number of cyclic esters (lactones) is 2. The van der Waals surface area contributed by atoms with E-state index in [4.69, 9.17) is 4.74 Å². The van der Waals surface area contributed by atoms with E-state index in [1.807, 2.05) is 0 Å². The van der Waals surface area contributed by atoms with Crippen molar-refractivity contribution in [2.24, 2.45) is 52.3 Å². The fourth-order valence-electron chi connectivity index (χ4n) is 9.45. The van der Waals surface area contributed by atoms with Gasteiger partial charge in [-0.1, -0.05) is 38.3 Å². The largest absolute Gasteiger partial charge is 0.393 e. The summed E-state index contributed by atoms with van der Waals surface area (Å²) in [5.41, 5.74) is 2.33. The van der Waals surface area contributed by atoms with E-state index in [0.29, 0.717) is 11.3 Å². The first-order valence-electron chi connectivity index (χ1n) is 11.9. The van der Waals surface area contributed by atoms with Crippen LogP contribution in [0.25, 0.3) is 0 Å². The van der Waals surface area contributed by atoms with E-state index in [1.165, 1.54) is 56.9 Å². The maximum absolute atomic E-state index is 12.5. The van der Waals surface area contributed by atoms with Crippen LogP contribution in [0, 0.1) is 52.3 Å². The summed E-state index contributed by atoms with van der Waals surface area (Å²) >= 11 is 0. The number of hydrogen-bond acceptors (Lipinski definition) is 3. The van der Waals surface area contributed by atoms with Gasteiger partial charge in [-0.3, -0.25) is 9.59 Å². The molecule has 0 N–H and O–H groups in total. The third kappa shape index (κ3) is 2.07. The Morgan fingerprint density at radius 1 is 0.929 bits per heavy atom. The average Bonchev–Trinajstić information content (AvgIpc) is 3.14. The molecule has 3 nitrogen and oxygen atoms in total. The minimum Gasteiger partial charge on any atom is -0.393 e. The number of allylic oxidation sites excluding steroid dienone is 2. The van der Waals surface area contributed by atoms with E-state index in [0.717, 1.165) is 30.6 Å². The van der Waals surface area contributed by atoms with Crippen molar-refractivity contribution in [3.05, 3.63) is 11.6 Å². The molecule has 4 unspecified atom stereocenters. The van der Waals surface area contributed by atoms with Gasteiger partial charge in [-0.2, -0.15) is 0 Å². The summed E-state index contributed by atoms with van der Waals surface area (Å²) in [7, 11) is 0. The molecule has 0 amide bonds. The van der Waals surface area contributed by atoms with Crippen LogP contribution >= 0.6 is 0 Å². The third-order valence-electron chi connectivity index (χ3n) is 10.8. The number of rotatable bonds is 0. The monoisotopic (exact) mass is 382 g/mol. The molecule has 4 saturated carbocycles. The maximum atomic E-state index is 12.5. The smallest absolute Gasteiger partial charge is 0.318 e. The Labute approximate surface area is 168 Å². The van der Waals surface area contributed by atoms with Crippen LogP contribution in [0.4, 0.5) is 0 Å². The van der Waals surface area contributed by atoms with Crippen LogP contribution in [0.5, 0.6) is 0 Å². The zero-order chi connectivity index (χ0) is 19.3. The van der Waals surface area contributed by atoms with Gasteiger partial charge in [0.05, 0.1) is 11.8 Å². The summed E-state index contributed by atoms with van der Waals surface area (Å²) in [4.78, 5) is 24.7. The molecule has 0 spiro atoms. The molecule has 6 rings (SSSR count). The van der Waals surface area contributed by atoms with Gasteiger partial charge >= 0.3 is 11.9 Å². The summed E-state index contributed by atoms with van der Waals surface area (Å²) in [5.74, 6) is 2.72. The lowest BCUT2D eigenvalue weighted by Gasteiger charge is -2.60. The number of hydrogen-bond donors (Lipinski definition) is 0. The van der Waals surface area contributed by atoms with Gasteiger partial charge < -0.3 is 4.74 Å². The molecule has 0 radical (unpaired) electrons. The summed E-state index contributed by atoms with van der Waals surface area (Å²) in [5, 5.41) is 0. The van der Waals surface area contributed by atoms with Gasteiger partial charge in [-0.05, 0) is 91.8 Å². The van der Waals surface area contributed by atoms with Crippen LogP contribution in [0.1, 0.15) is 78.1 Å². The van der Waals surface area contributed by atoms with Crippen LogP contribution in [0.15, 0.2) is 11.6 Å². The van der Waals surface area contributed by atoms with Crippen molar-refractivity contribution in [2.75, 3.05) is 0 Å². The number of carbonyl (C=O) groups is 2. The molecule has 0 aromatic heterocycles. The van der Waals surface area contributed by atoms with Crippen molar-refractivity contribution in [3.8, 4) is 0 Å². The van der Waals surface area contributed by atoms with Crippen LogP contribution in [0.2, 0.25) is 0 Å². The molecule has 0 aromatic carbocycles. The van der Waals surface area contributed by atoms with E-state index < -0.39 is 0 Å². The highest BCUT2D eigenvalue weighted by molar-refractivity contribution is 5.97. The fourth-order valence-corrected chi connectivity index (χ4v) is 9.45. The van der Waals surface area contributed by atoms with Crippen molar-refractivity contribution in [3.63, 3.8) is 0 Å². The van der Waals surface area contributed by atoms with Crippen LogP contribution in [-0.2, 0) is 14.3 Å². The molecule has 3 heteroatoms. The molecule has 6 aliphatic rings. The summed E-state index contributed by atoms with van der Waals surface area (Å²) in [6.45, 7) is 5.12. The SMILES string of the molecule is C[C@]12CCCCC1CCC1C2CC[C@]2(C)C3=CC[C@@H]4C(=O)OC(=O)[C@@H]4[C@@H]3CC12. The number of esters is 2. The first-order valence-corrected chi connectivity index (χ1v) is 11.9. The lowest BCUT2D eigenvalue weighted by Crippen LogP contribution is -2.52. The molecule has 152 valence electrons. The summed E-state index contributed by atoms with van der Waals surface area (Å²) in [6.07, 6.45) is 15.4. The molecule has 0 aromatic rings. The fraction of sp³-hybridized carbons (Fsp3) is 0.840. The average molecular weight is 383 g/mol. The molecule has 1 heterocycles. The lowest BCUT2D eigenvalue weighted by molar-refractivity contribution is -0.154. The second-order valence-corrected chi connectivity index (χ2v) is 11.5. The third-order valence-corrected chi connectivity index (χ3v) is 10.8. The van der Waals surface area contributed by atoms with Crippen molar-refractivity contribution in [2.45, 2.75) is 78.1 Å². The molecule has 28 heavy (non-hydrogen) atoms. The van der Waals surface area contributed by atoms with Gasteiger partial charge in [0, 0.05) is 0 Å². The number of ether oxygens (including phenoxy) is 1. The van der Waals surface area contributed by atoms with Gasteiger partial charge in [0.2, 0.25) is 0 Å². The Hall–Kier alpha value is -1.12. The van der Waals surface area contributed by atoms with Crippen LogP contribution < -0.4 is 0 Å². The first kappa shape index (κ1) is 17.7. The Balaban J connectivity index is 1.35. The van der Waals surface area contributed by atoms with E-state index >= 15 is 0 Å². The van der Waals surface area contributed by atoms with Gasteiger partial charge in [0.15, 0.2) is 0 Å². The van der Waals surface area contributed by atoms with Crippen molar-refractivity contribution >= 4 is 11.9 Å². The van der Waals surface area contributed by atoms with Crippen molar-refractivity contribution in [1.29, 1.82) is 0 Å². The number of fused-ring (bicyclic) bond motifs is 9. The highest BCUT2D eigenvalue weighted by Crippen LogP contribution is 2.70. The molecule has 9 atom stereocenters. The van der Waals surface area contributed by atoms with Gasteiger partial charge in [0.1, 0.15) is 0 Å². The Morgan fingerprint density at radius 3 is 2.64 bits per heavy atom. The molecular formula is C25H34O3. The van der Waals surface area contributed by atoms with Gasteiger partial charge in [0.25, 0.3) is 0 Å². The van der Waals surface area contributed by atoms with Crippen molar-refractivity contribution in [1.82, 2.24) is 0 Å². The summed E-state index contributed by atoms with van der Waals surface area (Å²) in [6, 6.07) is 0. The van der Waals surface area contributed by atoms with E-state index in [1.54, 1.807) is 0 Å². The second kappa shape index (κ2) is 5.73. The minimum atomic E-state index is -0.265. The molecule has 0 bridgehead atoms. The van der Waals surface area contributed by atoms with Crippen LogP contribution in [-0.4, -0.2) is 11.9 Å². The van der Waals surface area contributed by atoms with E-state index in [9.17, 15) is 9.59 Å². The zero-order valence-electron chi connectivity index (χ0n) is 17.4. The quantitative estimate of drug-likeness (QED) is 0.325. The minimum absolute atomic E-state index is 0.185. The van der Waals surface area contributed by atoms with Crippen LogP contribution in [0.3, 0.4) is 0 Å². The highest BCUT2D eigenvalue weighted by atomic mass is 16.6. The molecule has 5 fully saturated rings. The summed E-state index contributed by atoms with van der Waals surface area (Å²) < 4.78 is 5.08.